The van der Waals surface area contributed by atoms with Gasteiger partial charge in [0.15, 0.2) is 0 Å². The zero-order chi connectivity index (χ0) is 27.3. The van der Waals surface area contributed by atoms with E-state index < -0.39 is 0 Å². The number of hydrogen-bond donors (Lipinski definition) is 0. The summed E-state index contributed by atoms with van der Waals surface area (Å²) in [6.07, 6.45) is 12.7. The van der Waals surface area contributed by atoms with E-state index in [0.717, 1.165) is 49.1 Å². The Hall–Kier alpha value is -2.76. The lowest BCUT2D eigenvalue weighted by molar-refractivity contribution is -0.142. The topological polar surface area (TPSA) is 54.8 Å². The number of unbranched alkanes of at least 4 members (excludes halogenated alkanes) is 2. The zero-order valence-electron chi connectivity index (χ0n) is 24.2. The molecule has 210 valence electrons. The first kappa shape index (κ1) is 29.8. The largest absolute Gasteiger partial charge is 0.497 e. The van der Waals surface area contributed by atoms with Gasteiger partial charge in [0.05, 0.1) is 20.2 Å². The molecule has 6 heteroatoms. The average Bonchev–Trinajstić information content (AvgIpc) is 3.61. The van der Waals surface area contributed by atoms with Crippen molar-refractivity contribution >= 4 is 11.8 Å². The molecule has 1 heterocycles. The Morgan fingerprint density at radius 3 is 2.58 bits per heavy atom. The van der Waals surface area contributed by atoms with Crippen LogP contribution in [0.15, 0.2) is 42.6 Å². The van der Waals surface area contributed by atoms with Crippen LogP contribution in [-0.4, -0.2) is 52.4 Å². The van der Waals surface area contributed by atoms with Crippen LogP contribution in [0.25, 0.3) is 0 Å². The molecule has 1 fully saturated rings. The number of benzene rings is 1. The number of carbonyl (C=O) groups excluding carboxylic acids is 2. The molecule has 1 saturated carbocycles. The van der Waals surface area contributed by atoms with E-state index >= 15 is 0 Å². The van der Waals surface area contributed by atoms with Gasteiger partial charge in [-0.25, -0.2) is 0 Å². The minimum atomic E-state index is 0.0409. The Labute approximate surface area is 230 Å². The van der Waals surface area contributed by atoms with Gasteiger partial charge in [-0.3, -0.25) is 9.59 Å². The maximum Gasteiger partial charge on any atom is 0.242 e. The Kier molecular flexibility index (Phi) is 12.2. The van der Waals surface area contributed by atoms with Crippen LogP contribution >= 0.6 is 0 Å². The van der Waals surface area contributed by atoms with E-state index in [9.17, 15) is 9.59 Å². The van der Waals surface area contributed by atoms with Gasteiger partial charge in [-0.05, 0) is 61.9 Å². The van der Waals surface area contributed by atoms with E-state index in [0.29, 0.717) is 32.0 Å². The number of ether oxygens (including phenoxy) is 1. The second kappa shape index (κ2) is 15.6. The second-order valence-electron chi connectivity index (χ2n) is 11.0. The highest BCUT2D eigenvalue weighted by atomic mass is 16.5. The van der Waals surface area contributed by atoms with Crippen molar-refractivity contribution in [3.63, 3.8) is 0 Å². The number of aromatic nitrogens is 1. The summed E-state index contributed by atoms with van der Waals surface area (Å²) < 4.78 is 7.59. The van der Waals surface area contributed by atoms with Gasteiger partial charge >= 0.3 is 0 Å². The van der Waals surface area contributed by atoms with Crippen molar-refractivity contribution in [1.29, 1.82) is 0 Å². The van der Waals surface area contributed by atoms with Crippen molar-refractivity contribution in [1.82, 2.24) is 14.4 Å². The lowest BCUT2D eigenvalue weighted by Gasteiger charge is -2.32. The summed E-state index contributed by atoms with van der Waals surface area (Å²) in [5, 5.41) is 0. The van der Waals surface area contributed by atoms with Gasteiger partial charge in [0, 0.05) is 37.4 Å². The molecule has 3 rings (SSSR count). The van der Waals surface area contributed by atoms with Crippen LogP contribution in [0.5, 0.6) is 5.75 Å². The standard InChI is InChI=1S/C32H49N3O3/c1-5-7-10-20-34(31(36)19-18-27-13-8-9-14-27)25-32(37)35(26(3)6-2)24-29-16-12-21-33(29)23-28-15-11-17-30(22-28)38-4/h11-12,15-17,21-22,26-27H,5-10,13-14,18-20,23-25H2,1-4H3. The number of rotatable bonds is 16. The van der Waals surface area contributed by atoms with E-state index in [-0.39, 0.29) is 24.4 Å². The third kappa shape index (κ3) is 8.92. The van der Waals surface area contributed by atoms with Crippen LogP contribution in [0, 0.1) is 5.92 Å². The summed E-state index contributed by atoms with van der Waals surface area (Å²) in [7, 11) is 1.68. The van der Waals surface area contributed by atoms with Gasteiger partial charge in [0.2, 0.25) is 11.8 Å². The molecule has 1 aromatic heterocycles. The predicted molar refractivity (Wildman–Crippen MR) is 154 cm³/mol. The van der Waals surface area contributed by atoms with Crippen LogP contribution in [0.2, 0.25) is 0 Å². The van der Waals surface area contributed by atoms with Crippen molar-refractivity contribution in [2.75, 3.05) is 20.2 Å². The second-order valence-corrected chi connectivity index (χ2v) is 11.0. The number of hydrogen-bond acceptors (Lipinski definition) is 3. The lowest BCUT2D eigenvalue weighted by Crippen LogP contribution is -2.46. The van der Waals surface area contributed by atoms with Crippen LogP contribution in [0.3, 0.4) is 0 Å². The molecule has 0 bridgehead atoms. The molecule has 1 unspecified atom stereocenters. The van der Waals surface area contributed by atoms with Gasteiger partial charge in [-0.15, -0.1) is 0 Å². The molecule has 1 aromatic carbocycles. The minimum Gasteiger partial charge on any atom is -0.497 e. The highest BCUT2D eigenvalue weighted by Gasteiger charge is 2.26. The number of methoxy groups -OCH3 is 1. The van der Waals surface area contributed by atoms with E-state index in [1.165, 1.54) is 25.7 Å². The van der Waals surface area contributed by atoms with Gasteiger partial charge in [-0.1, -0.05) is 64.5 Å². The molecule has 0 radical (unpaired) electrons. The van der Waals surface area contributed by atoms with Crippen molar-refractivity contribution in [2.45, 2.75) is 104 Å². The third-order valence-corrected chi connectivity index (χ3v) is 8.14. The number of amides is 2. The SMILES string of the molecule is CCCCCN(CC(=O)N(Cc1cccn1Cc1cccc(OC)c1)C(C)CC)C(=O)CCC1CCCC1. The summed E-state index contributed by atoms with van der Waals surface area (Å²) >= 11 is 0. The Morgan fingerprint density at radius 2 is 1.87 bits per heavy atom. The highest BCUT2D eigenvalue weighted by Crippen LogP contribution is 2.28. The van der Waals surface area contributed by atoms with Crippen molar-refractivity contribution in [3.8, 4) is 5.75 Å². The predicted octanol–water partition coefficient (Wildman–Crippen LogP) is 6.66. The molecule has 2 aromatic rings. The molecule has 2 amide bonds. The molecule has 0 N–H and O–H groups in total. The fraction of sp³-hybridized carbons (Fsp3) is 0.625. The Bertz CT molecular complexity index is 995. The van der Waals surface area contributed by atoms with Gasteiger partial charge in [0.1, 0.15) is 5.75 Å². The van der Waals surface area contributed by atoms with Crippen molar-refractivity contribution in [3.05, 3.63) is 53.9 Å². The van der Waals surface area contributed by atoms with Gasteiger partial charge in [0.25, 0.3) is 0 Å². The summed E-state index contributed by atoms with van der Waals surface area (Å²) in [6.45, 7) is 8.48. The lowest BCUT2D eigenvalue weighted by atomic mass is 10.0. The Morgan fingerprint density at radius 1 is 1.08 bits per heavy atom. The van der Waals surface area contributed by atoms with Crippen molar-refractivity contribution < 1.29 is 14.3 Å². The van der Waals surface area contributed by atoms with Crippen LogP contribution < -0.4 is 4.74 Å². The van der Waals surface area contributed by atoms with Crippen LogP contribution in [0.1, 0.15) is 96.2 Å². The molecule has 6 nitrogen and oxygen atoms in total. The van der Waals surface area contributed by atoms with Gasteiger partial charge < -0.3 is 19.1 Å². The van der Waals surface area contributed by atoms with Crippen molar-refractivity contribution in [2.24, 2.45) is 5.92 Å². The molecular formula is C32H49N3O3. The average molecular weight is 524 g/mol. The smallest absolute Gasteiger partial charge is 0.242 e. The van der Waals surface area contributed by atoms with Crippen LogP contribution in [0.4, 0.5) is 0 Å². The first-order valence-electron chi connectivity index (χ1n) is 14.8. The summed E-state index contributed by atoms with van der Waals surface area (Å²) in [5.74, 6) is 1.71. The molecular weight excluding hydrogens is 474 g/mol. The molecule has 0 saturated heterocycles. The molecule has 38 heavy (non-hydrogen) atoms. The summed E-state index contributed by atoms with van der Waals surface area (Å²) in [4.78, 5) is 30.8. The molecule has 1 aliphatic carbocycles. The molecule has 0 spiro atoms. The van der Waals surface area contributed by atoms with Gasteiger partial charge in [-0.2, -0.15) is 0 Å². The van der Waals surface area contributed by atoms with E-state index in [4.69, 9.17) is 4.74 Å². The van der Waals surface area contributed by atoms with E-state index in [1.807, 2.05) is 34.1 Å². The number of nitrogens with zero attached hydrogens (tertiary/aromatic N) is 3. The maximum absolute atomic E-state index is 13.7. The fourth-order valence-corrected chi connectivity index (χ4v) is 5.48. The zero-order valence-corrected chi connectivity index (χ0v) is 24.2. The Balaban J connectivity index is 1.69. The monoisotopic (exact) mass is 523 g/mol. The quantitative estimate of drug-likeness (QED) is 0.231. The molecule has 1 aliphatic rings. The fourth-order valence-electron chi connectivity index (χ4n) is 5.48. The van der Waals surface area contributed by atoms with E-state index in [2.05, 4.69) is 43.7 Å². The maximum atomic E-state index is 13.7. The first-order chi connectivity index (χ1) is 18.4. The summed E-state index contributed by atoms with van der Waals surface area (Å²) in [6, 6.07) is 12.3. The van der Waals surface area contributed by atoms with E-state index in [1.54, 1.807) is 7.11 Å². The molecule has 1 atom stereocenters. The summed E-state index contributed by atoms with van der Waals surface area (Å²) in [5.41, 5.74) is 2.24. The minimum absolute atomic E-state index is 0.0409. The normalized spacial score (nSPS) is 14.4. The third-order valence-electron chi connectivity index (χ3n) is 8.14. The first-order valence-corrected chi connectivity index (χ1v) is 14.8. The molecule has 0 aliphatic heterocycles. The number of carbonyl (C=O) groups is 2. The van der Waals surface area contributed by atoms with Crippen LogP contribution in [-0.2, 0) is 22.7 Å². The highest BCUT2D eigenvalue weighted by molar-refractivity contribution is 5.85.